The van der Waals surface area contributed by atoms with E-state index >= 15 is 0 Å². The Kier molecular flexibility index (Phi) is 4.37. The average molecular weight is 326 g/mol. The Morgan fingerprint density at radius 1 is 1.33 bits per heavy atom. The standard InChI is InChI=1S/C16H14N4O4/c1-23-12-4-2-10(3-5-12)8-11-6-7-24-15(11)13(21)9-14(22)16-17-19-20-18-16/h2-7,9,22H,8H2,1H3,(H,17,18,19,20). The van der Waals surface area contributed by atoms with Gasteiger partial charge >= 0.3 is 0 Å². The first-order valence-corrected chi connectivity index (χ1v) is 7.05. The van der Waals surface area contributed by atoms with Crippen LogP contribution in [0.25, 0.3) is 5.76 Å². The number of furan rings is 1. The van der Waals surface area contributed by atoms with Crippen molar-refractivity contribution in [2.45, 2.75) is 6.42 Å². The SMILES string of the molecule is COc1ccc(Cc2ccoc2C(=O)C=C(O)c2nn[nH]n2)cc1. The summed E-state index contributed by atoms with van der Waals surface area (Å²) in [6.07, 6.45) is 2.95. The minimum Gasteiger partial charge on any atom is -0.504 e. The Labute approximate surface area is 136 Å². The van der Waals surface area contributed by atoms with E-state index in [9.17, 15) is 9.90 Å². The lowest BCUT2D eigenvalue weighted by atomic mass is 10.0. The third-order valence-electron chi connectivity index (χ3n) is 3.37. The van der Waals surface area contributed by atoms with Crippen LogP contribution in [0.5, 0.6) is 5.75 Å². The largest absolute Gasteiger partial charge is 0.504 e. The number of methoxy groups -OCH3 is 1. The Bertz CT molecular complexity index is 851. The number of benzene rings is 1. The number of ether oxygens (including phenoxy) is 1. The molecule has 0 aliphatic carbocycles. The monoisotopic (exact) mass is 326 g/mol. The second kappa shape index (κ2) is 6.78. The van der Waals surface area contributed by atoms with E-state index in [0.717, 1.165) is 17.4 Å². The summed E-state index contributed by atoms with van der Waals surface area (Å²) in [6.45, 7) is 0. The molecule has 0 spiro atoms. The van der Waals surface area contributed by atoms with Gasteiger partial charge < -0.3 is 14.3 Å². The van der Waals surface area contributed by atoms with Gasteiger partial charge in [0.05, 0.1) is 13.4 Å². The van der Waals surface area contributed by atoms with Crippen LogP contribution in [0.15, 0.2) is 47.1 Å². The number of aliphatic hydroxyl groups excluding tert-OH is 1. The molecule has 0 bridgehead atoms. The lowest BCUT2D eigenvalue weighted by Gasteiger charge is -2.03. The topological polar surface area (TPSA) is 114 Å². The van der Waals surface area contributed by atoms with Crippen LogP contribution in [0.2, 0.25) is 0 Å². The fraction of sp³-hybridized carbons (Fsp3) is 0.125. The Hall–Kier alpha value is -3.42. The molecular weight excluding hydrogens is 312 g/mol. The van der Waals surface area contributed by atoms with Gasteiger partial charge in [0, 0.05) is 18.1 Å². The second-order valence-corrected chi connectivity index (χ2v) is 4.93. The third kappa shape index (κ3) is 3.32. The number of rotatable bonds is 6. The first-order valence-electron chi connectivity index (χ1n) is 7.05. The summed E-state index contributed by atoms with van der Waals surface area (Å²) in [5, 5.41) is 22.5. The van der Waals surface area contributed by atoms with Crippen molar-refractivity contribution in [1.29, 1.82) is 0 Å². The summed E-state index contributed by atoms with van der Waals surface area (Å²) in [4.78, 5) is 12.3. The zero-order valence-electron chi connectivity index (χ0n) is 12.8. The molecule has 3 aromatic rings. The molecule has 8 heteroatoms. The fourth-order valence-corrected chi connectivity index (χ4v) is 2.18. The van der Waals surface area contributed by atoms with Crippen molar-refractivity contribution in [1.82, 2.24) is 20.6 Å². The number of nitrogens with one attached hydrogen (secondary N) is 1. The van der Waals surface area contributed by atoms with Crippen LogP contribution < -0.4 is 4.74 Å². The summed E-state index contributed by atoms with van der Waals surface area (Å²) < 4.78 is 10.4. The van der Waals surface area contributed by atoms with Crippen LogP contribution in [0.3, 0.4) is 0 Å². The van der Waals surface area contributed by atoms with Gasteiger partial charge in [-0.3, -0.25) is 4.79 Å². The first kappa shape index (κ1) is 15.5. The number of aromatic amines is 1. The molecule has 0 aliphatic rings. The van der Waals surface area contributed by atoms with Crippen LogP contribution in [0, 0.1) is 0 Å². The van der Waals surface area contributed by atoms with Gasteiger partial charge in [-0.1, -0.05) is 12.1 Å². The summed E-state index contributed by atoms with van der Waals surface area (Å²) >= 11 is 0. The maximum atomic E-state index is 12.3. The summed E-state index contributed by atoms with van der Waals surface area (Å²) in [6, 6.07) is 9.23. The van der Waals surface area contributed by atoms with Crippen LogP contribution >= 0.6 is 0 Å². The van der Waals surface area contributed by atoms with Crippen LogP contribution in [0.1, 0.15) is 27.5 Å². The van der Waals surface area contributed by atoms with Gasteiger partial charge in [-0.05, 0) is 29.0 Å². The van der Waals surface area contributed by atoms with Gasteiger partial charge in [0.15, 0.2) is 11.5 Å². The third-order valence-corrected chi connectivity index (χ3v) is 3.37. The number of hydrogen-bond acceptors (Lipinski definition) is 7. The molecule has 2 heterocycles. The Morgan fingerprint density at radius 3 is 2.79 bits per heavy atom. The number of carbonyl (C=O) groups excluding carboxylic acids is 1. The molecule has 3 rings (SSSR count). The molecule has 2 N–H and O–H groups in total. The molecule has 0 saturated heterocycles. The maximum Gasteiger partial charge on any atom is 0.239 e. The predicted octanol–water partition coefficient (Wildman–Crippen LogP) is 2.17. The van der Waals surface area contributed by atoms with Gasteiger partial charge in [-0.15, -0.1) is 10.2 Å². The van der Waals surface area contributed by atoms with E-state index in [1.807, 2.05) is 24.3 Å². The molecule has 0 amide bonds. The highest BCUT2D eigenvalue weighted by molar-refractivity contribution is 6.06. The van der Waals surface area contributed by atoms with Gasteiger partial charge in [0.2, 0.25) is 11.6 Å². The number of carbonyl (C=O) groups is 1. The van der Waals surface area contributed by atoms with Crippen molar-refractivity contribution in [3.63, 3.8) is 0 Å². The minimum atomic E-state index is -0.481. The van der Waals surface area contributed by atoms with Crippen LogP contribution in [-0.2, 0) is 6.42 Å². The van der Waals surface area contributed by atoms with E-state index in [2.05, 4.69) is 20.6 Å². The van der Waals surface area contributed by atoms with Crippen molar-refractivity contribution in [2.24, 2.45) is 0 Å². The maximum absolute atomic E-state index is 12.3. The number of hydrogen-bond donors (Lipinski definition) is 2. The minimum absolute atomic E-state index is 0.0633. The fourth-order valence-electron chi connectivity index (χ4n) is 2.18. The van der Waals surface area contributed by atoms with E-state index < -0.39 is 5.78 Å². The van der Waals surface area contributed by atoms with Crippen molar-refractivity contribution in [2.75, 3.05) is 7.11 Å². The molecule has 0 fully saturated rings. The van der Waals surface area contributed by atoms with Crippen molar-refractivity contribution in [3.05, 3.63) is 65.4 Å². The highest BCUT2D eigenvalue weighted by Crippen LogP contribution is 2.20. The molecule has 8 nitrogen and oxygen atoms in total. The summed E-state index contributed by atoms with van der Waals surface area (Å²) in [5.41, 5.74) is 1.71. The van der Waals surface area contributed by atoms with E-state index in [1.165, 1.54) is 6.26 Å². The highest BCUT2D eigenvalue weighted by Gasteiger charge is 2.16. The quantitative estimate of drug-likeness (QED) is 0.405. The molecule has 0 saturated carbocycles. The molecule has 122 valence electrons. The summed E-state index contributed by atoms with van der Waals surface area (Å²) in [5.74, 6) is -0.0194. The normalized spacial score (nSPS) is 11.5. The summed E-state index contributed by atoms with van der Waals surface area (Å²) in [7, 11) is 1.60. The number of H-pyrrole nitrogens is 1. The number of ketones is 1. The zero-order chi connectivity index (χ0) is 16.9. The average Bonchev–Trinajstić information content (AvgIpc) is 3.27. The van der Waals surface area contributed by atoms with E-state index in [0.29, 0.717) is 12.0 Å². The predicted molar refractivity (Wildman–Crippen MR) is 83.6 cm³/mol. The molecule has 0 aliphatic heterocycles. The lowest BCUT2D eigenvalue weighted by Crippen LogP contribution is -2.00. The Balaban J connectivity index is 1.79. The Morgan fingerprint density at radius 2 is 2.12 bits per heavy atom. The van der Waals surface area contributed by atoms with Crippen LogP contribution in [-0.4, -0.2) is 38.6 Å². The number of aromatic nitrogens is 4. The molecule has 0 atom stereocenters. The molecule has 24 heavy (non-hydrogen) atoms. The molecule has 1 aromatic carbocycles. The number of allylic oxidation sites excluding steroid dienone is 1. The van der Waals surface area contributed by atoms with Crippen LogP contribution in [0.4, 0.5) is 0 Å². The lowest BCUT2D eigenvalue weighted by molar-refractivity contribution is 0.102. The van der Waals surface area contributed by atoms with Crippen molar-refractivity contribution in [3.8, 4) is 5.75 Å². The zero-order valence-corrected chi connectivity index (χ0v) is 12.8. The van der Waals surface area contributed by atoms with E-state index in [1.54, 1.807) is 13.2 Å². The van der Waals surface area contributed by atoms with Gasteiger partial charge in [-0.2, -0.15) is 5.21 Å². The van der Waals surface area contributed by atoms with Crippen molar-refractivity contribution < 1.29 is 19.1 Å². The second-order valence-electron chi connectivity index (χ2n) is 4.93. The number of tetrazole rings is 1. The molecular formula is C16H14N4O4. The van der Waals surface area contributed by atoms with E-state index in [-0.39, 0.29) is 17.3 Å². The van der Waals surface area contributed by atoms with Gasteiger partial charge in [-0.25, -0.2) is 0 Å². The van der Waals surface area contributed by atoms with Gasteiger partial charge in [0.1, 0.15) is 5.75 Å². The number of nitrogens with zero attached hydrogens (tertiary/aromatic N) is 3. The smallest absolute Gasteiger partial charge is 0.239 e. The molecule has 0 radical (unpaired) electrons. The van der Waals surface area contributed by atoms with Crippen molar-refractivity contribution >= 4 is 11.5 Å². The van der Waals surface area contributed by atoms with E-state index in [4.69, 9.17) is 9.15 Å². The van der Waals surface area contributed by atoms with Gasteiger partial charge in [0.25, 0.3) is 0 Å². The first-order chi connectivity index (χ1) is 11.7. The molecule has 0 unspecified atom stereocenters. The molecule has 2 aromatic heterocycles. The number of aliphatic hydroxyl groups is 1. The highest BCUT2D eigenvalue weighted by atomic mass is 16.5.